The molecule has 5 nitrogen and oxygen atoms in total. The van der Waals surface area contributed by atoms with Gasteiger partial charge in [-0.3, -0.25) is 0 Å². The van der Waals surface area contributed by atoms with Crippen LogP contribution in [0.2, 0.25) is 0 Å². The van der Waals surface area contributed by atoms with Crippen molar-refractivity contribution in [1.82, 2.24) is 9.97 Å². The monoisotopic (exact) mass is 397 g/mol. The van der Waals surface area contributed by atoms with Gasteiger partial charge in [0, 0.05) is 19.0 Å². The van der Waals surface area contributed by atoms with Gasteiger partial charge in [0.1, 0.15) is 5.82 Å². The van der Waals surface area contributed by atoms with Crippen LogP contribution in [-0.4, -0.2) is 30.2 Å². The number of aromatic nitrogens is 2. The maximum atomic E-state index is 5.72. The molecule has 2 aromatic rings. The Morgan fingerprint density at radius 2 is 1.90 bits per heavy atom. The predicted molar refractivity (Wildman–Crippen MR) is 90.1 cm³/mol. The minimum absolute atomic E-state index is 0.671. The van der Waals surface area contributed by atoms with Gasteiger partial charge in [-0.1, -0.05) is 0 Å². The smallest absolute Gasteiger partial charge is 0.161 e. The summed E-state index contributed by atoms with van der Waals surface area (Å²) in [5.74, 6) is 3.07. The summed E-state index contributed by atoms with van der Waals surface area (Å²) in [5, 5.41) is 3.10. The van der Waals surface area contributed by atoms with E-state index in [1.54, 1.807) is 0 Å². The first-order valence-electron chi connectivity index (χ1n) is 6.81. The average molecular weight is 397 g/mol. The lowest BCUT2D eigenvalue weighted by atomic mass is 10.2. The van der Waals surface area contributed by atoms with Gasteiger partial charge in [0.25, 0.3) is 0 Å². The Morgan fingerprint density at radius 3 is 2.67 bits per heavy atom. The topological polar surface area (TPSA) is 56.3 Å². The first-order chi connectivity index (χ1) is 10.2. The highest BCUT2D eigenvalue weighted by molar-refractivity contribution is 14.1. The molecular formula is C15H16IN3O2. The minimum atomic E-state index is 0.671. The third-order valence-corrected chi connectivity index (χ3v) is 4.55. The van der Waals surface area contributed by atoms with Crippen molar-refractivity contribution in [1.29, 1.82) is 0 Å². The molecule has 0 radical (unpaired) electrons. The molecule has 1 aliphatic heterocycles. The van der Waals surface area contributed by atoms with E-state index in [1.165, 1.54) is 0 Å². The number of ether oxygens (including phenoxy) is 2. The van der Waals surface area contributed by atoms with E-state index >= 15 is 0 Å². The van der Waals surface area contributed by atoms with E-state index in [9.17, 15) is 0 Å². The van der Waals surface area contributed by atoms with E-state index in [1.807, 2.05) is 32.2 Å². The SMILES string of the molecule is CNc1nc(-c2ccc3c(c2)OCCCO3)nc(C)c1I. The number of hydrogen-bond acceptors (Lipinski definition) is 5. The second-order valence-electron chi connectivity index (χ2n) is 4.76. The lowest BCUT2D eigenvalue weighted by Gasteiger charge is -2.11. The van der Waals surface area contributed by atoms with Crippen LogP contribution in [0.5, 0.6) is 11.5 Å². The third kappa shape index (κ3) is 2.90. The largest absolute Gasteiger partial charge is 0.490 e. The van der Waals surface area contributed by atoms with Crippen LogP contribution in [-0.2, 0) is 0 Å². The molecule has 0 atom stereocenters. The molecular weight excluding hydrogens is 381 g/mol. The molecule has 110 valence electrons. The molecule has 0 saturated carbocycles. The molecule has 0 fully saturated rings. The summed E-state index contributed by atoms with van der Waals surface area (Å²) in [6.07, 6.45) is 0.896. The zero-order chi connectivity index (χ0) is 14.8. The Hall–Kier alpha value is -1.57. The summed E-state index contributed by atoms with van der Waals surface area (Å²) in [7, 11) is 1.86. The van der Waals surface area contributed by atoms with Crippen LogP contribution >= 0.6 is 22.6 Å². The van der Waals surface area contributed by atoms with Crippen LogP contribution in [0, 0.1) is 10.5 Å². The van der Waals surface area contributed by atoms with E-state index in [2.05, 4.69) is 37.9 Å². The second kappa shape index (κ2) is 6.05. The first kappa shape index (κ1) is 14.4. The highest BCUT2D eigenvalue weighted by atomic mass is 127. The van der Waals surface area contributed by atoms with E-state index in [4.69, 9.17) is 9.47 Å². The van der Waals surface area contributed by atoms with E-state index in [-0.39, 0.29) is 0 Å². The number of benzene rings is 1. The van der Waals surface area contributed by atoms with E-state index in [0.717, 1.165) is 38.6 Å². The van der Waals surface area contributed by atoms with Crippen molar-refractivity contribution in [2.24, 2.45) is 0 Å². The summed E-state index contributed by atoms with van der Waals surface area (Å²) < 4.78 is 12.4. The summed E-state index contributed by atoms with van der Waals surface area (Å²) >= 11 is 2.25. The van der Waals surface area contributed by atoms with Crippen molar-refractivity contribution in [2.45, 2.75) is 13.3 Å². The van der Waals surface area contributed by atoms with Crippen LogP contribution < -0.4 is 14.8 Å². The standard InChI is InChI=1S/C15H16IN3O2/c1-9-13(16)15(17-2)19-14(18-9)10-4-5-11-12(8-10)21-7-3-6-20-11/h4-5,8H,3,6-7H2,1-2H3,(H,17,18,19). The van der Waals surface area contributed by atoms with Gasteiger partial charge in [-0.05, 0) is 47.7 Å². The summed E-state index contributed by atoms with van der Waals surface area (Å²) in [6, 6.07) is 5.84. The molecule has 0 amide bonds. The Bertz CT molecular complexity index is 676. The fourth-order valence-corrected chi connectivity index (χ4v) is 2.67. The van der Waals surface area contributed by atoms with E-state index < -0.39 is 0 Å². The molecule has 1 N–H and O–H groups in total. The highest BCUT2D eigenvalue weighted by Crippen LogP contribution is 2.34. The molecule has 3 rings (SSSR count). The van der Waals surface area contributed by atoms with Crippen LogP contribution in [0.15, 0.2) is 18.2 Å². The van der Waals surface area contributed by atoms with Crippen molar-refractivity contribution < 1.29 is 9.47 Å². The maximum Gasteiger partial charge on any atom is 0.161 e. The molecule has 1 aromatic heterocycles. The van der Waals surface area contributed by atoms with Gasteiger partial charge in [-0.15, -0.1) is 0 Å². The summed E-state index contributed by atoms with van der Waals surface area (Å²) in [4.78, 5) is 9.14. The van der Waals surface area contributed by atoms with Crippen molar-refractivity contribution in [3.05, 3.63) is 27.5 Å². The second-order valence-corrected chi connectivity index (χ2v) is 5.84. The Morgan fingerprint density at radius 1 is 1.14 bits per heavy atom. The first-order valence-corrected chi connectivity index (χ1v) is 7.89. The lowest BCUT2D eigenvalue weighted by Crippen LogP contribution is -2.03. The molecule has 1 aliphatic rings. The fourth-order valence-electron chi connectivity index (χ4n) is 2.16. The van der Waals surface area contributed by atoms with Gasteiger partial charge in [-0.25, -0.2) is 9.97 Å². The van der Waals surface area contributed by atoms with Crippen molar-refractivity contribution in [2.75, 3.05) is 25.6 Å². The number of aryl methyl sites for hydroxylation is 1. The van der Waals surface area contributed by atoms with Crippen molar-refractivity contribution in [3.8, 4) is 22.9 Å². The molecule has 0 aliphatic carbocycles. The Labute approximate surface area is 137 Å². The molecule has 0 spiro atoms. The number of anilines is 1. The number of nitrogens with one attached hydrogen (secondary N) is 1. The quantitative estimate of drug-likeness (QED) is 0.789. The normalized spacial score (nSPS) is 13.7. The Kier molecular flexibility index (Phi) is 4.14. The zero-order valence-corrected chi connectivity index (χ0v) is 14.1. The van der Waals surface area contributed by atoms with Crippen LogP contribution in [0.3, 0.4) is 0 Å². The van der Waals surface area contributed by atoms with Gasteiger partial charge in [0.15, 0.2) is 17.3 Å². The van der Waals surface area contributed by atoms with Crippen molar-refractivity contribution >= 4 is 28.4 Å². The molecule has 0 bridgehead atoms. The molecule has 0 saturated heterocycles. The van der Waals surface area contributed by atoms with Crippen LogP contribution in [0.1, 0.15) is 12.1 Å². The van der Waals surface area contributed by atoms with Gasteiger partial charge in [0.05, 0.1) is 22.5 Å². The number of hydrogen-bond donors (Lipinski definition) is 1. The predicted octanol–water partition coefficient (Wildman–Crippen LogP) is 3.26. The fraction of sp³-hybridized carbons (Fsp3) is 0.333. The number of fused-ring (bicyclic) bond motifs is 1. The lowest BCUT2D eigenvalue weighted by molar-refractivity contribution is 0.297. The maximum absolute atomic E-state index is 5.72. The molecule has 21 heavy (non-hydrogen) atoms. The summed E-state index contributed by atoms with van der Waals surface area (Å²) in [5.41, 5.74) is 1.88. The molecule has 0 unspecified atom stereocenters. The third-order valence-electron chi connectivity index (χ3n) is 3.26. The highest BCUT2D eigenvalue weighted by Gasteiger charge is 2.14. The number of rotatable bonds is 2. The molecule has 6 heteroatoms. The zero-order valence-electron chi connectivity index (χ0n) is 11.9. The van der Waals surface area contributed by atoms with Gasteiger partial charge < -0.3 is 14.8 Å². The van der Waals surface area contributed by atoms with Crippen molar-refractivity contribution in [3.63, 3.8) is 0 Å². The van der Waals surface area contributed by atoms with Gasteiger partial charge in [-0.2, -0.15) is 0 Å². The summed E-state index contributed by atoms with van der Waals surface area (Å²) in [6.45, 7) is 3.34. The van der Waals surface area contributed by atoms with Crippen LogP contribution in [0.4, 0.5) is 5.82 Å². The van der Waals surface area contributed by atoms with Crippen LogP contribution in [0.25, 0.3) is 11.4 Å². The van der Waals surface area contributed by atoms with Gasteiger partial charge in [0.2, 0.25) is 0 Å². The molecule has 1 aromatic carbocycles. The Balaban J connectivity index is 2.04. The number of halogens is 1. The number of nitrogens with zero attached hydrogens (tertiary/aromatic N) is 2. The minimum Gasteiger partial charge on any atom is -0.490 e. The van der Waals surface area contributed by atoms with Gasteiger partial charge >= 0.3 is 0 Å². The average Bonchev–Trinajstić information content (AvgIpc) is 2.74. The van der Waals surface area contributed by atoms with E-state index in [0.29, 0.717) is 19.0 Å². The molecule has 2 heterocycles.